The van der Waals surface area contributed by atoms with Gasteiger partial charge in [-0.05, 0) is 38.8 Å². The minimum absolute atomic E-state index is 0.129. The van der Waals surface area contributed by atoms with Crippen molar-refractivity contribution in [1.29, 1.82) is 0 Å². The number of H-pyrrole nitrogens is 1. The van der Waals surface area contributed by atoms with Gasteiger partial charge in [-0.15, -0.1) is 0 Å². The van der Waals surface area contributed by atoms with Crippen LogP contribution >= 0.6 is 11.3 Å². The molecule has 1 fully saturated rings. The average molecular weight is 238 g/mol. The first kappa shape index (κ1) is 10.5. The van der Waals surface area contributed by atoms with Crippen LogP contribution in [0.2, 0.25) is 0 Å². The van der Waals surface area contributed by atoms with Crippen molar-refractivity contribution in [3.63, 3.8) is 0 Å². The van der Waals surface area contributed by atoms with Crippen molar-refractivity contribution in [3.05, 3.63) is 20.2 Å². The van der Waals surface area contributed by atoms with Gasteiger partial charge in [-0.2, -0.15) is 0 Å². The smallest absolute Gasteiger partial charge is 0.304 e. The SMILES string of the molecule is O=c1[nH]c2c(s1)CCC(N1CCCCC1)C2. The van der Waals surface area contributed by atoms with Gasteiger partial charge in [0.15, 0.2) is 0 Å². The van der Waals surface area contributed by atoms with Gasteiger partial charge in [-0.3, -0.25) is 9.69 Å². The summed E-state index contributed by atoms with van der Waals surface area (Å²) >= 11 is 1.41. The van der Waals surface area contributed by atoms with Gasteiger partial charge in [-0.1, -0.05) is 17.8 Å². The standard InChI is InChI=1S/C12H18N2OS/c15-12-13-10-8-9(4-5-11(10)16-12)14-6-2-1-3-7-14/h9H,1-8H2,(H,13,15). The third-order valence-electron chi connectivity index (χ3n) is 3.86. The topological polar surface area (TPSA) is 36.1 Å². The van der Waals surface area contributed by atoms with Crippen LogP contribution in [0, 0.1) is 0 Å². The molecule has 1 atom stereocenters. The fourth-order valence-electron chi connectivity index (χ4n) is 2.99. The van der Waals surface area contributed by atoms with Gasteiger partial charge in [-0.25, -0.2) is 0 Å². The summed E-state index contributed by atoms with van der Waals surface area (Å²) in [6.07, 6.45) is 7.49. The molecule has 2 heterocycles. The summed E-state index contributed by atoms with van der Waals surface area (Å²) in [5.74, 6) is 0. The van der Waals surface area contributed by atoms with Gasteiger partial charge >= 0.3 is 4.87 Å². The van der Waals surface area contributed by atoms with E-state index in [1.807, 2.05) is 0 Å². The van der Waals surface area contributed by atoms with Gasteiger partial charge in [0.25, 0.3) is 0 Å². The molecule has 3 rings (SSSR count). The van der Waals surface area contributed by atoms with E-state index in [9.17, 15) is 4.79 Å². The fraction of sp³-hybridized carbons (Fsp3) is 0.750. The summed E-state index contributed by atoms with van der Waals surface area (Å²) in [6, 6.07) is 0.679. The zero-order valence-electron chi connectivity index (χ0n) is 9.50. The van der Waals surface area contributed by atoms with Crippen LogP contribution in [0.15, 0.2) is 4.79 Å². The molecule has 2 aliphatic rings. The van der Waals surface area contributed by atoms with Gasteiger partial charge in [0, 0.05) is 23.0 Å². The Balaban J connectivity index is 1.74. The molecular formula is C12H18N2OS. The molecule has 1 saturated heterocycles. The van der Waals surface area contributed by atoms with Crippen molar-refractivity contribution in [2.24, 2.45) is 0 Å². The first-order chi connectivity index (χ1) is 7.83. The summed E-state index contributed by atoms with van der Waals surface area (Å²) in [5.41, 5.74) is 1.22. The Kier molecular flexibility index (Phi) is 2.86. The number of hydrogen-bond acceptors (Lipinski definition) is 3. The van der Waals surface area contributed by atoms with Gasteiger partial charge in [0.2, 0.25) is 0 Å². The Labute approximate surface area is 99.5 Å². The Morgan fingerprint density at radius 1 is 1.25 bits per heavy atom. The number of nitrogens with one attached hydrogen (secondary N) is 1. The van der Waals surface area contributed by atoms with Crippen LogP contribution in [-0.4, -0.2) is 29.0 Å². The maximum atomic E-state index is 11.3. The second-order valence-electron chi connectivity index (χ2n) is 4.91. The predicted molar refractivity (Wildman–Crippen MR) is 66.2 cm³/mol. The molecule has 16 heavy (non-hydrogen) atoms. The van der Waals surface area contributed by atoms with Crippen LogP contribution in [0.5, 0.6) is 0 Å². The number of aromatic nitrogens is 1. The van der Waals surface area contributed by atoms with Crippen molar-refractivity contribution in [2.75, 3.05) is 13.1 Å². The highest BCUT2D eigenvalue weighted by atomic mass is 32.1. The maximum Gasteiger partial charge on any atom is 0.304 e. The lowest BCUT2D eigenvalue weighted by atomic mass is 9.94. The van der Waals surface area contributed by atoms with E-state index in [1.54, 1.807) is 0 Å². The second kappa shape index (κ2) is 4.34. The monoisotopic (exact) mass is 238 g/mol. The lowest BCUT2D eigenvalue weighted by molar-refractivity contribution is 0.149. The van der Waals surface area contributed by atoms with E-state index in [-0.39, 0.29) is 4.87 Å². The predicted octanol–water partition coefficient (Wildman–Crippen LogP) is 1.78. The van der Waals surface area contributed by atoms with Crippen LogP contribution in [0.3, 0.4) is 0 Å². The third kappa shape index (κ3) is 1.96. The quantitative estimate of drug-likeness (QED) is 0.809. The number of hydrogen-bond donors (Lipinski definition) is 1. The lowest BCUT2D eigenvalue weighted by Crippen LogP contribution is -2.42. The first-order valence-electron chi connectivity index (χ1n) is 6.28. The molecule has 1 aromatic rings. The molecule has 88 valence electrons. The number of nitrogens with zero attached hydrogens (tertiary/aromatic N) is 1. The largest absolute Gasteiger partial charge is 0.316 e. The van der Waals surface area contributed by atoms with Gasteiger partial charge < -0.3 is 4.98 Å². The maximum absolute atomic E-state index is 11.3. The Morgan fingerprint density at radius 2 is 2.06 bits per heavy atom. The van der Waals surface area contributed by atoms with E-state index in [1.165, 1.54) is 60.7 Å². The molecule has 3 nitrogen and oxygen atoms in total. The van der Waals surface area contributed by atoms with E-state index < -0.39 is 0 Å². The zero-order valence-corrected chi connectivity index (χ0v) is 10.3. The average Bonchev–Trinajstić information content (AvgIpc) is 2.69. The minimum atomic E-state index is 0.129. The molecule has 0 saturated carbocycles. The Morgan fingerprint density at radius 3 is 2.88 bits per heavy atom. The second-order valence-corrected chi connectivity index (χ2v) is 5.98. The van der Waals surface area contributed by atoms with Crippen molar-refractivity contribution in [1.82, 2.24) is 9.88 Å². The number of aryl methyl sites for hydroxylation is 1. The summed E-state index contributed by atoms with van der Waals surface area (Å²) < 4.78 is 0. The number of aromatic amines is 1. The summed E-state index contributed by atoms with van der Waals surface area (Å²) in [4.78, 5) is 18.4. The highest BCUT2D eigenvalue weighted by molar-refractivity contribution is 7.09. The summed E-state index contributed by atoms with van der Waals surface area (Å²) in [6.45, 7) is 2.52. The van der Waals surface area contributed by atoms with E-state index in [4.69, 9.17) is 0 Å². The molecule has 0 spiro atoms. The zero-order chi connectivity index (χ0) is 11.0. The van der Waals surface area contributed by atoms with Gasteiger partial charge in [0.05, 0.1) is 0 Å². The molecule has 1 N–H and O–H groups in total. The summed E-state index contributed by atoms with van der Waals surface area (Å²) in [7, 11) is 0. The van der Waals surface area contributed by atoms with Gasteiger partial charge in [0.1, 0.15) is 0 Å². The third-order valence-corrected chi connectivity index (χ3v) is 4.84. The number of rotatable bonds is 1. The fourth-order valence-corrected chi connectivity index (χ4v) is 3.86. The van der Waals surface area contributed by atoms with E-state index in [2.05, 4.69) is 9.88 Å². The lowest BCUT2D eigenvalue weighted by Gasteiger charge is -2.36. The number of likely N-dealkylation sites (tertiary alicyclic amines) is 1. The molecular weight excluding hydrogens is 220 g/mol. The summed E-state index contributed by atoms with van der Waals surface area (Å²) in [5, 5.41) is 0. The minimum Gasteiger partial charge on any atom is -0.316 e. The molecule has 1 unspecified atom stereocenters. The molecule has 1 aromatic heterocycles. The Bertz CT molecular complexity index is 417. The Hall–Kier alpha value is -0.610. The number of fused-ring (bicyclic) bond motifs is 1. The highest BCUT2D eigenvalue weighted by Gasteiger charge is 2.26. The number of thiazole rings is 1. The van der Waals surface area contributed by atoms with E-state index in [0.29, 0.717) is 6.04 Å². The molecule has 1 aliphatic heterocycles. The van der Waals surface area contributed by atoms with Crippen LogP contribution in [0.4, 0.5) is 0 Å². The molecule has 0 amide bonds. The molecule has 0 bridgehead atoms. The molecule has 1 aliphatic carbocycles. The van der Waals surface area contributed by atoms with Crippen LogP contribution in [0.25, 0.3) is 0 Å². The molecule has 0 aromatic carbocycles. The normalized spacial score (nSPS) is 26.6. The van der Waals surface area contributed by atoms with Crippen molar-refractivity contribution in [3.8, 4) is 0 Å². The van der Waals surface area contributed by atoms with Crippen molar-refractivity contribution in [2.45, 2.75) is 44.6 Å². The highest BCUT2D eigenvalue weighted by Crippen LogP contribution is 2.26. The number of piperidine rings is 1. The molecule has 0 radical (unpaired) electrons. The van der Waals surface area contributed by atoms with Crippen LogP contribution < -0.4 is 4.87 Å². The van der Waals surface area contributed by atoms with Crippen LogP contribution in [0.1, 0.15) is 36.3 Å². The van der Waals surface area contributed by atoms with E-state index >= 15 is 0 Å². The van der Waals surface area contributed by atoms with E-state index in [0.717, 1.165) is 12.8 Å². The first-order valence-corrected chi connectivity index (χ1v) is 7.09. The molecule has 4 heteroatoms. The van der Waals surface area contributed by atoms with Crippen molar-refractivity contribution < 1.29 is 0 Å². The van der Waals surface area contributed by atoms with Crippen LogP contribution in [-0.2, 0) is 12.8 Å². The van der Waals surface area contributed by atoms with Crippen molar-refractivity contribution >= 4 is 11.3 Å².